The van der Waals surface area contributed by atoms with Gasteiger partial charge < -0.3 is 10.6 Å². The van der Waals surface area contributed by atoms with Crippen LogP contribution >= 0.6 is 0 Å². The quantitative estimate of drug-likeness (QED) is 0.323. The van der Waals surface area contributed by atoms with Crippen molar-refractivity contribution in [1.82, 2.24) is 0 Å². The molecule has 5 aromatic rings. The van der Waals surface area contributed by atoms with Crippen molar-refractivity contribution in [3.8, 4) is 11.1 Å². The number of hydrogen-bond donors (Lipinski definition) is 1. The van der Waals surface area contributed by atoms with Crippen LogP contribution in [0.5, 0.6) is 0 Å². The van der Waals surface area contributed by atoms with Crippen LogP contribution in [0.3, 0.4) is 0 Å². The molecule has 0 radical (unpaired) electrons. The van der Waals surface area contributed by atoms with Gasteiger partial charge in [0.1, 0.15) is 0 Å². The maximum atomic E-state index is 5.83. The molecular weight excluding hydrogens is 364 g/mol. The summed E-state index contributed by atoms with van der Waals surface area (Å²) in [6.45, 7) is 0. The second kappa shape index (κ2) is 7.76. The van der Waals surface area contributed by atoms with Crippen molar-refractivity contribution < 1.29 is 0 Å². The summed E-state index contributed by atoms with van der Waals surface area (Å²) in [5, 5.41) is 2.47. The van der Waals surface area contributed by atoms with Crippen LogP contribution in [0.25, 0.3) is 21.9 Å². The molecule has 0 aliphatic rings. The first kappa shape index (κ1) is 18.0. The van der Waals surface area contributed by atoms with E-state index in [1.54, 1.807) is 0 Å². The monoisotopic (exact) mass is 386 g/mol. The fourth-order valence-electron chi connectivity index (χ4n) is 3.82. The van der Waals surface area contributed by atoms with E-state index >= 15 is 0 Å². The maximum Gasteiger partial charge on any atom is 0.0468 e. The van der Waals surface area contributed by atoms with E-state index in [0.717, 1.165) is 28.3 Å². The van der Waals surface area contributed by atoms with Crippen molar-refractivity contribution in [2.75, 3.05) is 10.6 Å². The van der Waals surface area contributed by atoms with Gasteiger partial charge in [-0.2, -0.15) is 0 Å². The lowest BCUT2D eigenvalue weighted by Crippen LogP contribution is -2.09. The van der Waals surface area contributed by atoms with Crippen LogP contribution in [-0.4, -0.2) is 0 Å². The minimum Gasteiger partial charge on any atom is -0.399 e. The fraction of sp³-hybridized carbons (Fsp3) is 0. The SMILES string of the molecule is Nc1ccc(-c2ccc(N(c3ccccc3)c3ccc4ccccc4c3)cc2)cc1. The third-order valence-corrected chi connectivity index (χ3v) is 5.38. The van der Waals surface area contributed by atoms with Crippen molar-refractivity contribution in [1.29, 1.82) is 0 Å². The van der Waals surface area contributed by atoms with Gasteiger partial charge >= 0.3 is 0 Å². The van der Waals surface area contributed by atoms with Crippen molar-refractivity contribution >= 4 is 33.5 Å². The first-order chi connectivity index (χ1) is 14.8. The van der Waals surface area contributed by atoms with Gasteiger partial charge in [-0.1, -0.05) is 72.8 Å². The first-order valence-corrected chi connectivity index (χ1v) is 10.1. The molecule has 144 valence electrons. The molecule has 0 spiro atoms. The number of anilines is 4. The predicted octanol–water partition coefficient (Wildman–Crippen LogP) is 7.56. The van der Waals surface area contributed by atoms with Gasteiger partial charge in [0.15, 0.2) is 0 Å². The summed E-state index contributed by atoms with van der Waals surface area (Å²) in [6, 6.07) is 42.2. The summed E-state index contributed by atoms with van der Waals surface area (Å²) in [6.07, 6.45) is 0. The van der Waals surface area contributed by atoms with Crippen LogP contribution < -0.4 is 10.6 Å². The number of hydrogen-bond acceptors (Lipinski definition) is 2. The summed E-state index contributed by atoms with van der Waals surface area (Å²) in [5.41, 5.74) is 12.3. The minimum atomic E-state index is 0.780. The molecule has 2 nitrogen and oxygen atoms in total. The Morgan fingerprint density at radius 2 is 0.967 bits per heavy atom. The molecule has 0 bridgehead atoms. The Labute approximate surface area is 176 Å². The zero-order chi connectivity index (χ0) is 20.3. The predicted molar refractivity (Wildman–Crippen MR) is 128 cm³/mol. The van der Waals surface area contributed by atoms with E-state index in [1.807, 2.05) is 18.2 Å². The lowest BCUT2D eigenvalue weighted by molar-refractivity contribution is 1.29. The molecular formula is C28H22N2. The lowest BCUT2D eigenvalue weighted by atomic mass is 10.0. The van der Waals surface area contributed by atoms with Crippen LogP contribution in [0.1, 0.15) is 0 Å². The Bertz CT molecular complexity index is 1270. The number of rotatable bonds is 4. The summed E-state index contributed by atoms with van der Waals surface area (Å²) >= 11 is 0. The van der Waals surface area contributed by atoms with Crippen molar-refractivity contribution in [3.05, 3.63) is 121 Å². The third kappa shape index (κ3) is 3.51. The molecule has 5 aromatic carbocycles. The van der Waals surface area contributed by atoms with E-state index in [9.17, 15) is 0 Å². The van der Waals surface area contributed by atoms with E-state index in [2.05, 4.69) is 108 Å². The zero-order valence-electron chi connectivity index (χ0n) is 16.6. The highest BCUT2D eigenvalue weighted by molar-refractivity contribution is 5.89. The van der Waals surface area contributed by atoms with Gasteiger partial charge in [-0.15, -0.1) is 0 Å². The van der Waals surface area contributed by atoms with E-state index in [4.69, 9.17) is 5.73 Å². The average Bonchev–Trinajstić information content (AvgIpc) is 2.81. The zero-order valence-corrected chi connectivity index (χ0v) is 16.6. The van der Waals surface area contributed by atoms with E-state index in [-0.39, 0.29) is 0 Å². The highest BCUT2D eigenvalue weighted by Gasteiger charge is 2.13. The largest absolute Gasteiger partial charge is 0.399 e. The molecule has 30 heavy (non-hydrogen) atoms. The molecule has 0 aliphatic carbocycles. The first-order valence-electron chi connectivity index (χ1n) is 10.1. The van der Waals surface area contributed by atoms with Crippen molar-refractivity contribution in [2.45, 2.75) is 0 Å². The van der Waals surface area contributed by atoms with Crippen molar-refractivity contribution in [3.63, 3.8) is 0 Å². The van der Waals surface area contributed by atoms with Crippen molar-refractivity contribution in [2.24, 2.45) is 0 Å². The van der Waals surface area contributed by atoms with Crippen LogP contribution in [0.4, 0.5) is 22.7 Å². The minimum absolute atomic E-state index is 0.780. The van der Waals surface area contributed by atoms with Crippen LogP contribution in [0, 0.1) is 0 Å². The Morgan fingerprint density at radius 1 is 0.433 bits per heavy atom. The maximum absolute atomic E-state index is 5.83. The van der Waals surface area contributed by atoms with Gasteiger partial charge in [0.05, 0.1) is 0 Å². The van der Waals surface area contributed by atoms with Gasteiger partial charge in [-0.25, -0.2) is 0 Å². The molecule has 2 heteroatoms. The molecule has 0 saturated heterocycles. The number of nitrogen functional groups attached to an aromatic ring is 1. The standard InChI is InChI=1S/C28H22N2/c29-25-15-10-22(11-16-25)23-12-17-27(18-13-23)30(26-8-2-1-3-9-26)28-19-14-21-6-4-5-7-24(21)20-28/h1-20H,29H2. The second-order valence-corrected chi connectivity index (χ2v) is 7.37. The molecule has 0 aliphatic heterocycles. The number of para-hydroxylation sites is 1. The van der Waals surface area contributed by atoms with E-state index < -0.39 is 0 Å². The van der Waals surface area contributed by atoms with Gasteiger partial charge in [0.2, 0.25) is 0 Å². The molecule has 0 aromatic heterocycles. The Kier molecular flexibility index (Phi) is 4.66. The molecule has 2 N–H and O–H groups in total. The van der Waals surface area contributed by atoms with Crippen LogP contribution in [0.2, 0.25) is 0 Å². The van der Waals surface area contributed by atoms with Crippen LogP contribution in [-0.2, 0) is 0 Å². The Balaban J connectivity index is 1.59. The highest BCUT2D eigenvalue weighted by atomic mass is 15.1. The number of benzene rings is 5. The van der Waals surface area contributed by atoms with Gasteiger partial charge in [0, 0.05) is 22.7 Å². The molecule has 0 amide bonds. The number of fused-ring (bicyclic) bond motifs is 1. The van der Waals surface area contributed by atoms with Gasteiger partial charge in [-0.3, -0.25) is 0 Å². The smallest absolute Gasteiger partial charge is 0.0468 e. The normalized spacial score (nSPS) is 10.8. The molecule has 5 rings (SSSR count). The van der Waals surface area contributed by atoms with Crippen LogP contribution in [0.15, 0.2) is 121 Å². The number of nitrogens with zero attached hydrogens (tertiary/aromatic N) is 1. The second-order valence-electron chi connectivity index (χ2n) is 7.37. The third-order valence-electron chi connectivity index (χ3n) is 5.38. The van der Waals surface area contributed by atoms with Gasteiger partial charge in [0.25, 0.3) is 0 Å². The Hall–Kier alpha value is -4.04. The fourth-order valence-corrected chi connectivity index (χ4v) is 3.82. The molecule has 0 atom stereocenters. The van der Waals surface area contributed by atoms with E-state index in [1.165, 1.54) is 16.3 Å². The molecule has 0 heterocycles. The van der Waals surface area contributed by atoms with Gasteiger partial charge in [-0.05, 0) is 70.4 Å². The summed E-state index contributed by atoms with van der Waals surface area (Å²) in [7, 11) is 0. The van der Waals surface area contributed by atoms with E-state index in [0.29, 0.717) is 0 Å². The summed E-state index contributed by atoms with van der Waals surface area (Å²) in [4.78, 5) is 2.29. The lowest BCUT2D eigenvalue weighted by Gasteiger charge is -2.26. The Morgan fingerprint density at radius 3 is 1.67 bits per heavy atom. The molecule has 0 unspecified atom stereocenters. The summed E-state index contributed by atoms with van der Waals surface area (Å²) < 4.78 is 0. The topological polar surface area (TPSA) is 29.3 Å². The number of nitrogens with two attached hydrogens (primary N) is 1. The highest BCUT2D eigenvalue weighted by Crippen LogP contribution is 2.36. The molecule has 0 saturated carbocycles. The average molecular weight is 386 g/mol. The summed E-state index contributed by atoms with van der Waals surface area (Å²) in [5.74, 6) is 0. The molecule has 0 fully saturated rings.